The maximum absolute atomic E-state index is 11.2. The Balaban J connectivity index is 2.04. The minimum Gasteiger partial charge on any atom is -0.300 e. The average Bonchev–Trinajstić information content (AvgIpc) is 2.30. The summed E-state index contributed by atoms with van der Waals surface area (Å²) in [6, 6.07) is 8.83. The molecule has 1 unspecified atom stereocenters. The number of carbonyl (C=O) groups excluding carboxylic acids is 1. The molecule has 0 radical (unpaired) electrons. The van der Waals surface area contributed by atoms with Gasteiger partial charge in [0.1, 0.15) is 5.78 Å². The van der Waals surface area contributed by atoms with Crippen LogP contribution in [0, 0.1) is 0 Å². The molecule has 0 N–H and O–H groups in total. The molecule has 1 aliphatic rings. The van der Waals surface area contributed by atoms with Crippen molar-refractivity contribution in [2.24, 2.45) is 0 Å². The predicted molar refractivity (Wildman–Crippen MR) is 68.4 cm³/mol. The molecule has 2 nitrogen and oxygen atoms in total. The van der Waals surface area contributed by atoms with Crippen LogP contribution >= 0.6 is 15.9 Å². The molecule has 3 heteroatoms. The molecular weight excluding hydrogens is 266 g/mol. The minimum absolute atomic E-state index is 0.402. The fraction of sp³-hybridized carbons (Fsp3) is 0.462. The standard InChI is InChI=1S/C13H16BrNO/c1-10(11-2-4-12(14)5-3-11)15-8-6-13(16)7-9-15/h2-5,10H,6-9H2,1H3. The molecule has 2 rings (SSSR count). The Morgan fingerprint density at radius 2 is 1.75 bits per heavy atom. The van der Waals surface area contributed by atoms with E-state index in [0.29, 0.717) is 24.7 Å². The summed E-state index contributed by atoms with van der Waals surface area (Å²) in [6.45, 7) is 4.01. The highest BCUT2D eigenvalue weighted by atomic mass is 79.9. The molecule has 0 spiro atoms. The molecule has 1 aromatic rings. The molecule has 1 heterocycles. The SMILES string of the molecule is CC(c1ccc(Br)cc1)N1CCC(=O)CC1. The van der Waals surface area contributed by atoms with Crippen molar-refractivity contribution in [1.29, 1.82) is 0 Å². The Labute approximate surface area is 105 Å². The Morgan fingerprint density at radius 1 is 1.19 bits per heavy atom. The van der Waals surface area contributed by atoms with Crippen LogP contribution in [0.4, 0.5) is 0 Å². The Kier molecular flexibility index (Phi) is 3.77. The summed E-state index contributed by atoms with van der Waals surface area (Å²) in [6.07, 6.45) is 1.42. The van der Waals surface area contributed by atoms with Crippen molar-refractivity contribution in [2.45, 2.75) is 25.8 Å². The normalized spacial score (nSPS) is 19.8. The number of nitrogens with zero attached hydrogens (tertiary/aromatic N) is 1. The minimum atomic E-state index is 0.402. The van der Waals surface area contributed by atoms with E-state index in [4.69, 9.17) is 0 Å². The van der Waals surface area contributed by atoms with Gasteiger partial charge in [0.2, 0.25) is 0 Å². The first-order chi connectivity index (χ1) is 7.66. The number of ketones is 1. The lowest BCUT2D eigenvalue weighted by Crippen LogP contribution is -2.35. The second-order valence-corrected chi connectivity index (χ2v) is 5.22. The molecule has 1 atom stereocenters. The Hall–Kier alpha value is -0.670. The first-order valence-electron chi connectivity index (χ1n) is 5.68. The number of hydrogen-bond donors (Lipinski definition) is 0. The van der Waals surface area contributed by atoms with Gasteiger partial charge in [0.05, 0.1) is 0 Å². The van der Waals surface area contributed by atoms with Crippen molar-refractivity contribution in [3.63, 3.8) is 0 Å². The van der Waals surface area contributed by atoms with Gasteiger partial charge in [0.25, 0.3) is 0 Å². The summed E-state index contributed by atoms with van der Waals surface area (Å²) in [5.74, 6) is 0.402. The lowest BCUT2D eigenvalue weighted by molar-refractivity contribution is -0.121. The van der Waals surface area contributed by atoms with Crippen molar-refractivity contribution in [1.82, 2.24) is 4.90 Å². The monoisotopic (exact) mass is 281 g/mol. The third kappa shape index (κ3) is 2.71. The highest BCUT2D eigenvalue weighted by molar-refractivity contribution is 9.10. The van der Waals surface area contributed by atoms with E-state index in [1.54, 1.807) is 0 Å². The van der Waals surface area contributed by atoms with Crippen molar-refractivity contribution in [2.75, 3.05) is 13.1 Å². The van der Waals surface area contributed by atoms with E-state index >= 15 is 0 Å². The molecule has 1 aromatic carbocycles. The van der Waals surface area contributed by atoms with Gasteiger partial charge in [-0.25, -0.2) is 0 Å². The fourth-order valence-electron chi connectivity index (χ4n) is 2.11. The number of Topliss-reactive ketones (excluding diaryl/α,β-unsaturated/α-hetero) is 1. The molecule has 0 saturated carbocycles. The second-order valence-electron chi connectivity index (χ2n) is 4.30. The van der Waals surface area contributed by atoms with Gasteiger partial charge < -0.3 is 0 Å². The molecule has 1 saturated heterocycles. The van der Waals surface area contributed by atoms with Gasteiger partial charge in [-0.1, -0.05) is 28.1 Å². The maximum Gasteiger partial charge on any atom is 0.135 e. The second kappa shape index (κ2) is 5.11. The zero-order chi connectivity index (χ0) is 11.5. The number of halogens is 1. The molecule has 1 fully saturated rings. The Morgan fingerprint density at radius 3 is 2.31 bits per heavy atom. The maximum atomic E-state index is 11.2. The number of hydrogen-bond acceptors (Lipinski definition) is 2. The van der Waals surface area contributed by atoms with Gasteiger partial charge in [-0.05, 0) is 24.6 Å². The number of rotatable bonds is 2. The summed E-state index contributed by atoms with van der Waals surface area (Å²) in [7, 11) is 0. The highest BCUT2D eigenvalue weighted by Gasteiger charge is 2.21. The zero-order valence-corrected chi connectivity index (χ0v) is 11.0. The van der Waals surface area contributed by atoms with Crippen LogP contribution in [0.3, 0.4) is 0 Å². The highest BCUT2D eigenvalue weighted by Crippen LogP contribution is 2.24. The van der Waals surface area contributed by atoms with Gasteiger partial charge >= 0.3 is 0 Å². The molecule has 16 heavy (non-hydrogen) atoms. The van der Waals surface area contributed by atoms with Crippen LogP contribution < -0.4 is 0 Å². The number of benzene rings is 1. The average molecular weight is 282 g/mol. The predicted octanol–water partition coefficient (Wildman–Crippen LogP) is 3.18. The van der Waals surface area contributed by atoms with Gasteiger partial charge in [0, 0.05) is 36.4 Å². The summed E-state index contributed by atoms with van der Waals surface area (Å²) in [5, 5.41) is 0. The van der Waals surface area contributed by atoms with E-state index in [1.807, 2.05) is 0 Å². The summed E-state index contributed by atoms with van der Waals surface area (Å²) < 4.78 is 1.11. The van der Waals surface area contributed by atoms with Crippen LogP contribution in [-0.2, 0) is 4.79 Å². The number of piperidine rings is 1. The Bertz CT molecular complexity index is 364. The van der Waals surface area contributed by atoms with Crippen LogP contribution in [0.25, 0.3) is 0 Å². The van der Waals surface area contributed by atoms with E-state index in [-0.39, 0.29) is 0 Å². The third-order valence-electron chi connectivity index (χ3n) is 3.26. The third-order valence-corrected chi connectivity index (χ3v) is 3.78. The first-order valence-corrected chi connectivity index (χ1v) is 6.47. The van der Waals surface area contributed by atoms with Crippen LogP contribution in [0.5, 0.6) is 0 Å². The van der Waals surface area contributed by atoms with Crippen molar-refractivity contribution >= 4 is 21.7 Å². The van der Waals surface area contributed by atoms with Crippen LogP contribution in [0.15, 0.2) is 28.7 Å². The quantitative estimate of drug-likeness (QED) is 0.830. The summed E-state index contributed by atoms with van der Waals surface area (Å²) >= 11 is 3.44. The summed E-state index contributed by atoms with van der Waals surface area (Å²) in [4.78, 5) is 13.6. The molecule has 1 aliphatic heterocycles. The van der Waals surface area contributed by atoms with E-state index in [1.165, 1.54) is 5.56 Å². The zero-order valence-electron chi connectivity index (χ0n) is 9.45. The van der Waals surface area contributed by atoms with Gasteiger partial charge in [-0.3, -0.25) is 9.69 Å². The molecular formula is C13H16BrNO. The van der Waals surface area contributed by atoms with Crippen molar-refractivity contribution < 1.29 is 4.79 Å². The topological polar surface area (TPSA) is 20.3 Å². The van der Waals surface area contributed by atoms with Gasteiger partial charge in [0.15, 0.2) is 0 Å². The van der Waals surface area contributed by atoms with Crippen LogP contribution in [-0.4, -0.2) is 23.8 Å². The molecule has 0 bridgehead atoms. The molecule has 0 amide bonds. The largest absolute Gasteiger partial charge is 0.300 e. The van der Waals surface area contributed by atoms with Crippen LogP contribution in [0.2, 0.25) is 0 Å². The van der Waals surface area contributed by atoms with Gasteiger partial charge in [-0.15, -0.1) is 0 Å². The molecule has 86 valence electrons. The van der Waals surface area contributed by atoms with Crippen LogP contribution in [0.1, 0.15) is 31.4 Å². The van der Waals surface area contributed by atoms with Crippen molar-refractivity contribution in [3.05, 3.63) is 34.3 Å². The number of likely N-dealkylation sites (tertiary alicyclic amines) is 1. The van der Waals surface area contributed by atoms with E-state index in [0.717, 1.165) is 17.6 Å². The van der Waals surface area contributed by atoms with E-state index in [2.05, 4.69) is 52.0 Å². The summed E-state index contributed by atoms with van der Waals surface area (Å²) in [5.41, 5.74) is 1.32. The lowest BCUT2D eigenvalue weighted by Gasteiger charge is -2.32. The van der Waals surface area contributed by atoms with E-state index in [9.17, 15) is 4.79 Å². The lowest BCUT2D eigenvalue weighted by atomic mass is 10.0. The molecule has 0 aliphatic carbocycles. The fourth-order valence-corrected chi connectivity index (χ4v) is 2.38. The number of carbonyl (C=O) groups is 1. The molecule has 0 aromatic heterocycles. The smallest absolute Gasteiger partial charge is 0.135 e. The van der Waals surface area contributed by atoms with Gasteiger partial charge in [-0.2, -0.15) is 0 Å². The van der Waals surface area contributed by atoms with Crippen molar-refractivity contribution in [3.8, 4) is 0 Å². The van der Waals surface area contributed by atoms with E-state index < -0.39 is 0 Å². The first kappa shape index (κ1) is 11.8.